The number of primary amides is 1. The number of hydrogen-bond donors (Lipinski definition) is 2. The van der Waals surface area contributed by atoms with E-state index in [-0.39, 0.29) is 22.2 Å². The van der Waals surface area contributed by atoms with Gasteiger partial charge in [0.25, 0.3) is 5.91 Å². The number of nitrogens with two attached hydrogens (primary N) is 1. The van der Waals surface area contributed by atoms with E-state index in [4.69, 9.17) is 10.8 Å². The Kier molecular flexibility index (Phi) is 3.68. The van der Waals surface area contributed by atoms with E-state index in [0.717, 1.165) is 4.68 Å². The Morgan fingerprint density at radius 2 is 1.96 bits per heavy atom. The highest BCUT2D eigenvalue weighted by Crippen LogP contribution is 2.30. The molecule has 24 heavy (non-hydrogen) atoms. The van der Waals surface area contributed by atoms with Crippen LogP contribution in [0.4, 0.5) is 4.39 Å². The summed E-state index contributed by atoms with van der Waals surface area (Å²) in [4.78, 5) is 30.5. The van der Waals surface area contributed by atoms with Crippen LogP contribution in [0.2, 0.25) is 0 Å². The second-order valence-electron chi connectivity index (χ2n) is 5.10. The maximum absolute atomic E-state index is 15.0. The van der Waals surface area contributed by atoms with Gasteiger partial charge in [-0.3, -0.25) is 14.3 Å². The molecule has 2 heterocycles. The average molecular weight is 329 g/mol. The first-order valence-electron chi connectivity index (χ1n) is 6.88. The summed E-state index contributed by atoms with van der Waals surface area (Å²) in [5.41, 5.74) is 5.68. The first-order chi connectivity index (χ1) is 11.4. The van der Waals surface area contributed by atoms with E-state index >= 15 is 0 Å². The van der Waals surface area contributed by atoms with Gasteiger partial charge >= 0.3 is 5.97 Å². The van der Waals surface area contributed by atoms with Gasteiger partial charge in [-0.25, -0.2) is 14.4 Å². The summed E-state index contributed by atoms with van der Waals surface area (Å²) in [6.45, 7) is 1.18. The normalized spacial score (nSPS) is 10.9. The Bertz CT molecular complexity index is 965. The second-order valence-corrected chi connectivity index (χ2v) is 5.10. The van der Waals surface area contributed by atoms with Gasteiger partial charge in [-0.15, -0.1) is 0 Å². The molecule has 0 saturated carbocycles. The number of carboxylic acid groups (broad SMARTS) is 1. The molecule has 122 valence electrons. The van der Waals surface area contributed by atoms with Crippen LogP contribution < -0.4 is 5.73 Å². The van der Waals surface area contributed by atoms with Crippen LogP contribution >= 0.6 is 0 Å². The first kappa shape index (κ1) is 15.5. The van der Waals surface area contributed by atoms with Gasteiger partial charge in [0.2, 0.25) is 0 Å². The fraction of sp³-hybridized carbons (Fsp3) is 0.133. The minimum Gasteiger partial charge on any atom is -0.480 e. The monoisotopic (exact) mass is 329 g/mol. The molecule has 0 fully saturated rings. The van der Waals surface area contributed by atoms with Crippen LogP contribution in [-0.2, 0) is 11.3 Å². The second kappa shape index (κ2) is 5.69. The highest BCUT2D eigenvalue weighted by atomic mass is 19.1. The number of aromatic nitrogens is 4. The molecule has 0 bridgehead atoms. The van der Waals surface area contributed by atoms with Crippen LogP contribution in [0.5, 0.6) is 0 Å². The van der Waals surface area contributed by atoms with E-state index in [1.54, 1.807) is 6.92 Å². The van der Waals surface area contributed by atoms with Crippen LogP contribution in [0.1, 0.15) is 16.3 Å². The van der Waals surface area contributed by atoms with E-state index in [9.17, 15) is 14.0 Å². The third kappa shape index (κ3) is 2.56. The topological polar surface area (TPSA) is 124 Å². The van der Waals surface area contributed by atoms with Gasteiger partial charge in [-0.05, 0) is 19.1 Å². The highest BCUT2D eigenvalue weighted by molar-refractivity contribution is 6.05. The van der Waals surface area contributed by atoms with Crippen LogP contribution in [0, 0.1) is 12.7 Å². The number of benzene rings is 1. The van der Waals surface area contributed by atoms with Crippen molar-refractivity contribution >= 4 is 22.8 Å². The van der Waals surface area contributed by atoms with E-state index in [0.29, 0.717) is 11.4 Å². The fourth-order valence-electron chi connectivity index (χ4n) is 2.41. The van der Waals surface area contributed by atoms with Gasteiger partial charge < -0.3 is 10.8 Å². The van der Waals surface area contributed by atoms with E-state index in [1.807, 2.05) is 0 Å². The number of fused-ring (bicyclic) bond motifs is 1. The van der Waals surface area contributed by atoms with Gasteiger partial charge in [-0.2, -0.15) is 5.10 Å². The molecule has 0 aliphatic rings. The van der Waals surface area contributed by atoms with Crippen molar-refractivity contribution in [2.45, 2.75) is 13.5 Å². The fourth-order valence-corrected chi connectivity index (χ4v) is 2.41. The number of carbonyl (C=O) groups is 2. The van der Waals surface area contributed by atoms with Crippen molar-refractivity contribution < 1.29 is 19.1 Å². The first-order valence-corrected chi connectivity index (χ1v) is 6.88. The summed E-state index contributed by atoms with van der Waals surface area (Å²) in [7, 11) is 0. The summed E-state index contributed by atoms with van der Waals surface area (Å²) < 4.78 is 16.0. The Labute approximate surface area is 134 Å². The van der Waals surface area contributed by atoms with E-state index in [2.05, 4.69) is 15.1 Å². The summed E-state index contributed by atoms with van der Waals surface area (Å²) >= 11 is 0. The zero-order valence-electron chi connectivity index (χ0n) is 12.5. The molecule has 3 rings (SSSR count). The Balaban J connectivity index is 2.27. The Morgan fingerprint density at radius 1 is 1.29 bits per heavy atom. The molecule has 9 heteroatoms. The predicted octanol–water partition coefficient (Wildman–Crippen LogP) is 1.12. The number of hydrogen-bond acceptors (Lipinski definition) is 5. The van der Waals surface area contributed by atoms with Crippen LogP contribution in [-0.4, -0.2) is 36.7 Å². The van der Waals surface area contributed by atoms with Crippen LogP contribution in [0.15, 0.2) is 24.5 Å². The number of carbonyl (C=O) groups excluding carboxylic acids is 1. The molecule has 0 unspecified atom stereocenters. The van der Waals surface area contributed by atoms with Gasteiger partial charge in [0.1, 0.15) is 18.2 Å². The molecule has 0 saturated heterocycles. The molecule has 0 atom stereocenters. The van der Waals surface area contributed by atoms with Crippen molar-refractivity contribution in [3.05, 3.63) is 41.9 Å². The third-order valence-electron chi connectivity index (χ3n) is 3.47. The molecule has 2 aromatic heterocycles. The predicted molar refractivity (Wildman–Crippen MR) is 81.6 cm³/mol. The molecule has 0 spiro atoms. The summed E-state index contributed by atoms with van der Waals surface area (Å²) in [5, 5.41) is 12.6. The molecular weight excluding hydrogens is 317 g/mol. The Hall–Kier alpha value is -3.36. The molecule has 0 aliphatic heterocycles. The number of rotatable bonds is 4. The average Bonchev–Trinajstić information content (AvgIpc) is 2.88. The van der Waals surface area contributed by atoms with Gasteiger partial charge in [0, 0.05) is 23.5 Å². The Morgan fingerprint density at radius 3 is 2.54 bits per heavy atom. The molecule has 1 aromatic carbocycles. The van der Waals surface area contributed by atoms with Crippen molar-refractivity contribution in [2.24, 2.45) is 5.73 Å². The zero-order valence-corrected chi connectivity index (χ0v) is 12.5. The van der Waals surface area contributed by atoms with Crippen LogP contribution in [0.3, 0.4) is 0 Å². The quantitative estimate of drug-likeness (QED) is 0.739. The van der Waals surface area contributed by atoms with Crippen molar-refractivity contribution in [2.75, 3.05) is 0 Å². The van der Waals surface area contributed by atoms with Crippen molar-refractivity contribution in [1.82, 2.24) is 19.7 Å². The molecule has 0 aliphatic carbocycles. The van der Waals surface area contributed by atoms with Gasteiger partial charge in [-0.1, -0.05) is 0 Å². The highest BCUT2D eigenvalue weighted by Gasteiger charge is 2.22. The number of halogens is 1. The van der Waals surface area contributed by atoms with E-state index < -0.39 is 24.2 Å². The zero-order chi connectivity index (χ0) is 17.4. The smallest absolute Gasteiger partial charge is 0.325 e. The molecule has 1 amide bonds. The maximum atomic E-state index is 15.0. The number of aliphatic carboxylic acids is 1. The van der Waals surface area contributed by atoms with Crippen molar-refractivity contribution in [3.8, 4) is 11.1 Å². The van der Waals surface area contributed by atoms with Gasteiger partial charge in [0.15, 0.2) is 5.69 Å². The maximum Gasteiger partial charge on any atom is 0.325 e. The standard InChI is InChI=1S/C15H12FN5O3/c1-7-18-4-8(5-19-7)9-2-3-10-12(13(9)16)14(15(17)24)20-21(10)6-11(22)23/h2-5H,6H2,1H3,(H2,17,24)(H,22,23). The van der Waals surface area contributed by atoms with Crippen molar-refractivity contribution in [3.63, 3.8) is 0 Å². The van der Waals surface area contributed by atoms with Crippen molar-refractivity contribution in [1.29, 1.82) is 0 Å². The number of aryl methyl sites for hydroxylation is 1. The largest absolute Gasteiger partial charge is 0.480 e. The molecule has 0 radical (unpaired) electrons. The lowest BCUT2D eigenvalue weighted by Crippen LogP contribution is -2.15. The lowest BCUT2D eigenvalue weighted by Gasteiger charge is -2.05. The van der Waals surface area contributed by atoms with E-state index in [1.165, 1.54) is 24.5 Å². The summed E-state index contributed by atoms with van der Waals surface area (Å²) in [5.74, 6) is -2.31. The summed E-state index contributed by atoms with van der Waals surface area (Å²) in [6.07, 6.45) is 2.91. The minimum atomic E-state index is -1.17. The van der Waals surface area contributed by atoms with Gasteiger partial charge in [0.05, 0.1) is 10.9 Å². The molecule has 8 nitrogen and oxygen atoms in total. The number of carboxylic acids is 1. The third-order valence-corrected chi connectivity index (χ3v) is 3.47. The minimum absolute atomic E-state index is 0.123. The van der Waals surface area contributed by atoms with Crippen LogP contribution in [0.25, 0.3) is 22.0 Å². The molecule has 3 aromatic rings. The number of amides is 1. The molecule has 3 N–H and O–H groups in total. The SMILES string of the molecule is Cc1ncc(-c2ccc3c(c(C(N)=O)nn3CC(=O)O)c2F)cn1. The molecular formula is C15H12FN5O3. The lowest BCUT2D eigenvalue weighted by atomic mass is 10.0. The summed E-state index contributed by atoms with van der Waals surface area (Å²) in [6, 6.07) is 2.94. The number of nitrogens with zero attached hydrogens (tertiary/aromatic N) is 4. The lowest BCUT2D eigenvalue weighted by molar-refractivity contribution is -0.137.